The molecule has 9 heteroatoms. The summed E-state index contributed by atoms with van der Waals surface area (Å²) in [5, 5.41) is 0. The van der Waals surface area contributed by atoms with Crippen LogP contribution < -0.4 is 18.9 Å². The molecule has 0 aliphatic carbocycles. The van der Waals surface area contributed by atoms with Gasteiger partial charge < -0.3 is 18.9 Å². The molecule has 0 N–H and O–H groups in total. The van der Waals surface area contributed by atoms with E-state index in [4.69, 9.17) is 18.9 Å². The number of ether oxygens (including phenoxy) is 4. The van der Waals surface area contributed by atoms with Crippen LogP contribution in [0, 0.1) is 17.7 Å². The Morgan fingerprint density at radius 1 is 0.553 bits per heavy atom. The fourth-order valence-electron chi connectivity index (χ4n) is 4.02. The average Bonchev–Trinajstić information content (AvgIpc) is 3.09. The lowest BCUT2D eigenvalue weighted by molar-refractivity contribution is -0.130. The Morgan fingerprint density at radius 2 is 0.979 bits per heavy atom. The number of halogens is 1. The molecule has 8 nitrogen and oxygen atoms in total. The van der Waals surface area contributed by atoms with E-state index in [9.17, 15) is 19.2 Å². The number of esters is 4. The molecule has 0 spiro atoms. The monoisotopic (exact) mass is 628 g/mol. The predicted octanol–water partition coefficient (Wildman–Crippen LogP) is 6.93. The van der Waals surface area contributed by atoms with Crippen LogP contribution >= 0.6 is 0 Å². The second-order valence-corrected chi connectivity index (χ2v) is 9.32. The Morgan fingerprint density at radius 3 is 1.49 bits per heavy atom. The summed E-state index contributed by atoms with van der Waals surface area (Å²) in [4.78, 5) is 47.5. The summed E-state index contributed by atoms with van der Waals surface area (Å²) in [6.45, 7) is 13.5. The Labute approximate surface area is 269 Å². The van der Waals surface area contributed by atoms with Crippen molar-refractivity contribution >= 4 is 23.9 Å². The van der Waals surface area contributed by atoms with Gasteiger partial charge in [-0.15, -0.1) is 0 Å². The van der Waals surface area contributed by atoms with E-state index < -0.39 is 35.4 Å². The van der Waals surface area contributed by atoms with Gasteiger partial charge in [0.1, 0.15) is 17.1 Å². The van der Waals surface area contributed by atoms with Crippen molar-refractivity contribution in [2.24, 2.45) is 0 Å². The van der Waals surface area contributed by atoms with Gasteiger partial charge >= 0.3 is 23.9 Å². The molecule has 0 bridgehead atoms. The Bertz CT molecular complexity index is 1960. The van der Waals surface area contributed by atoms with Crippen molar-refractivity contribution in [1.29, 1.82) is 0 Å². The third kappa shape index (κ3) is 8.44. The maximum atomic E-state index is 16.2. The molecule has 0 atom stereocenters. The summed E-state index contributed by atoms with van der Waals surface area (Å²) in [6, 6.07) is 20.8. The molecule has 0 aliphatic rings. The van der Waals surface area contributed by atoms with Crippen LogP contribution in [-0.2, 0) is 19.2 Å². The number of benzene rings is 4. The van der Waals surface area contributed by atoms with Gasteiger partial charge in [-0.3, -0.25) is 0 Å². The fourth-order valence-corrected chi connectivity index (χ4v) is 4.02. The largest absolute Gasteiger partial charge is 0.423 e. The molecule has 47 heavy (non-hydrogen) atoms. The lowest BCUT2D eigenvalue weighted by Crippen LogP contribution is -2.11. The molecule has 4 aromatic rings. The van der Waals surface area contributed by atoms with E-state index in [1.165, 1.54) is 30.3 Å². The third-order valence-electron chi connectivity index (χ3n) is 6.27. The fraction of sp³-hybridized carbons (Fsp3) is 0. The molecule has 0 fully saturated rings. The molecule has 0 saturated heterocycles. The van der Waals surface area contributed by atoms with Crippen LogP contribution in [0.2, 0.25) is 0 Å². The van der Waals surface area contributed by atoms with Crippen LogP contribution in [0.1, 0.15) is 11.1 Å². The first kappa shape index (κ1) is 33.1. The first-order chi connectivity index (χ1) is 22.6. The molecule has 232 valence electrons. The van der Waals surface area contributed by atoms with Gasteiger partial charge in [-0.05, 0) is 59.2 Å². The zero-order valence-corrected chi connectivity index (χ0v) is 24.8. The second kappa shape index (κ2) is 15.3. The van der Waals surface area contributed by atoms with Gasteiger partial charge in [-0.1, -0.05) is 74.6 Å². The lowest BCUT2D eigenvalue weighted by Gasteiger charge is -2.15. The summed E-state index contributed by atoms with van der Waals surface area (Å²) >= 11 is 0. The molecule has 0 aromatic heterocycles. The number of hydrogen-bond donors (Lipinski definition) is 0. The van der Waals surface area contributed by atoms with Crippen molar-refractivity contribution < 1.29 is 42.5 Å². The molecule has 0 radical (unpaired) electrons. The van der Waals surface area contributed by atoms with E-state index in [0.29, 0.717) is 16.9 Å². The molecule has 4 aromatic carbocycles. The number of hydrogen-bond acceptors (Lipinski definition) is 8. The van der Waals surface area contributed by atoms with E-state index in [2.05, 4.69) is 38.2 Å². The van der Waals surface area contributed by atoms with Gasteiger partial charge in [-0.25, -0.2) is 23.6 Å². The predicted molar refractivity (Wildman–Crippen MR) is 173 cm³/mol. The van der Waals surface area contributed by atoms with E-state index in [1.54, 1.807) is 48.5 Å². The highest BCUT2D eigenvalue weighted by Gasteiger charge is 2.24. The van der Waals surface area contributed by atoms with Gasteiger partial charge in [0.05, 0.1) is 0 Å². The quantitative estimate of drug-likeness (QED) is 0.0807. The first-order valence-electron chi connectivity index (χ1n) is 13.7. The summed E-state index contributed by atoms with van der Waals surface area (Å²) in [5.74, 6) is 1.32. The van der Waals surface area contributed by atoms with Gasteiger partial charge in [0, 0.05) is 35.4 Å². The highest BCUT2D eigenvalue weighted by atomic mass is 19.1. The zero-order valence-electron chi connectivity index (χ0n) is 24.8. The molecular formula is C38H25FO8. The molecule has 0 amide bonds. The SMILES string of the molecule is C=CC(=O)Oc1ccc(C#Cc2c(OC(=O)C=C)cc(-c3ccc(-c4ccc(OC(=O)C=C)cc4)cc3)c(F)c2OC(=O)C=C)cc1. The molecule has 0 heterocycles. The summed E-state index contributed by atoms with van der Waals surface area (Å²) in [6.07, 6.45) is 3.84. The minimum absolute atomic E-state index is 0.0547. The van der Waals surface area contributed by atoms with E-state index in [0.717, 1.165) is 35.4 Å². The van der Waals surface area contributed by atoms with Gasteiger partial charge in [0.2, 0.25) is 0 Å². The standard InChI is InChI=1S/C38H25FO8/c1-5-33(40)44-28-18-9-24(10-19-28)11-22-30-32(46-35(42)7-3)23-31(37(39)38(30)47-36(43)8-4)27-14-12-25(13-15-27)26-16-20-29(21-17-26)45-34(41)6-2/h5-10,12-21,23H,1-4H2. The van der Waals surface area contributed by atoms with Crippen LogP contribution in [0.15, 0.2) is 129 Å². The first-order valence-corrected chi connectivity index (χ1v) is 13.7. The van der Waals surface area contributed by atoms with Crippen molar-refractivity contribution in [3.05, 3.63) is 146 Å². The topological polar surface area (TPSA) is 105 Å². The van der Waals surface area contributed by atoms with E-state index in [1.807, 2.05) is 0 Å². The molecule has 0 saturated carbocycles. The van der Waals surface area contributed by atoms with Gasteiger partial charge in [0.25, 0.3) is 0 Å². The minimum Gasteiger partial charge on any atom is -0.423 e. The van der Waals surface area contributed by atoms with Crippen molar-refractivity contribution in [2.75, 3.05) is 0 Å². The smallest absolute Gasteiger partial charge is 0.335 e. The number of carbonyl (C=O) groups is 4. The van der Waals surface area contributed by atoms with Crippen LogP contribution in [0.3, 0.4) is 0 Å². The molecule has 0 aliphatic heterocycles. The average molecular weight is 629 g/mol. The minimum atomic E-state index is -0.976. The highest BCUT2D eigenvalue weighted by molar-refractivity contribution is 5.88. The molecule has 0 unspecified atom stereocenters. The van der Waals surface area contributed by atoms with E-state index in [-0.39, 0.29) is 22.6 Å². The van der Waals surface area contributed by atoms with Crippen molar-refractivity contribution in [3.8, 4) is 57.1 Å². The van der Waals surface area contributed by atoms with Crippen molar-refractivity contribution in [2.45, 2.75) is 0 Å². The normalized spacial score (nSPS) is 9.89. The molecular weight excluding hydrogens is 603 g/mol. The third-order valence-corrected chi connectivity index (χ3v) is 6.27. The van der Waals surface area contributed by atoms with Crippen LogP contribution in [0.4, 0.5) is 4.39 Å². The van der Waals surface area contributed by atoms with Crippen LogP contribution in [0.5, 0.6) is 23.0 Å². The Balaban J connectivity index is 1.77. The van der Waals surface area contributed by atoms with Crippen molar-refractivity contribution in [1.82, 2.24) is 0 Å². The summed E-state index contributed by atoms with van der Waals surface area (Å²) in [7, 11) is 0. The Kier molecular flexibility index (Phi) is 10.8. The van der Waals surface area contributed by atoms with Crippen LogP contribution in [-0.4, -0.2) is 23.9 Å². The highest BCUT2D eigenvalue weighted by Crippen LogP contribution is 2.39. The van der Waals surface area contributed by atoms with E-state index >= 15 is 4.39 Å². The number of rotatable bonds is 10. The van der Waals surface area contributed by atoms with Gasteiger partial charge in [0.15, 0.2) is 17.3 Å². The summed E-state index contributed by atoms with van der Waals surface area (Å²) < 4.78 is 37.1. The number of carbonyl (C=O) groups excluding carboxylic acids is 4. The zero-order chi connectivity index (χ0) is 33.9. The van der Waals surface area contributed by atoms with Crippen LogP contribution in [0.25, 0.3) is 22.3 Å². The maximum Gasteiger partial charge on any atom is 0.335 e. The van der Waals surface area contributed by atoms with Gasteiger partial charge in [-0.2, -0.15) is 0 Å². The summed E-state index contributed by atoms with van der Waals surface area (Å²) in [5.41, 5.74) is 2.04. The lowest BCUT2D eigenvalue weighted by atomic mass is 9.98. The molecule has 4 rings (SSSR count). The van der Waals surface area contributed by atoms with Crippen molar-refractivity contribution in [3.63, 3.8) is 0 Å². The maximum absolute atomic E-state index is 16.2. The Hall–Kier alpha value is -6.79. The second-order valence-electron chi connectivity index (χ2n) is 9.32.